The van der Waals surface area contributed by atoms with E-state index < -0.39 is 0 Å². The molecule has 0 spiro atoms. The molecule has 2 aromatic heterocycles. The summed E-state index contributed by atoms with van der Waals surface area (Å²) in [6, 6.07) is 18.0. The fourth-order valence-electron chi connectivity index (χ4n) is 2.48. The van der Waals surface area contributed by atoms with Crippen molar-refractivity contribution in [3.63, 3.8) is 0 Å². The van der Waals surface area contributed by atoms with Gasteiger partial charge in [-0.25, -0.2) is 14.6 Å². The summed E-state index contributed by atoms with van der Waals surface area (Å²) in [7, 11) is 0. The van der Waals surface area contributed by atoms with Gasteiger partial charge in [0.25, 0.3) is 0 Å². The molecule has 0 fully saturated rings. The number of fused-ring (bicyclic) bond motifs is 1. The molecule has 5 heteroatoms. The predicted octanol–water partition coefficient (Wildman–Crippen LogP) is 3.87. The summed E-state index contributed by atoms with van der Waals surface area (Å²) in [6.07, 6.45) is 3.47. The van der Waals surface area contributed by atoms with Gasteiger partial charge in [-0.15, -0.1) is 0 Å². The molecule has 0 saturated heterocycles. The van der Waals surface area contributed by atoms with Crippen molar-refractivity contribution in [2.75, 3.05) is 5.32 Å². The standard InChI is InChI=1S/C18H15N5/c1-13-7-5-6-10-15(13)21-17-12-19-18-16(22-17)11-20-23(18)14-8-3-2-4-9-14/h2-12H,1H3,(H,21,22). The molecule has 0 saturated carbocycles. The minimum absolute atomic E-state index is 0.708. The van der Waals surface area contributed by atoms with Gasteiger partial charge in [-0.05, 0) is 30.7 Å². The second-order valence-electron chi connectivity index (χ2n) is 5.30. The van der Waals surface area contributed by atoms with Gasteiger partial charge < -0.3 is 5.32 Å². The van der Waals surface area contributed by atoms with E-state index >= 15 is 0 Å². The van der Waals surface area contributed by atoms with Gasteiger partial charge >= 0.3 is 0 Å². The third kappa shape index (κ3) is 2.53. The lowest BCUT2D eigenvalue weighted by Gasteiger charge is -2.08. The Labute approximate surface area is 133 Å². The van der Waals surface area contributed by atoms with Crippen molar-refractivity contribution in [1.29, 1.82) is 0 Å². The summed E-state index contributed by atoms with van der Waals surface area (Å²) in [6.45, 7) is 2.06. The molecule has 0 radical (unpaired) electrons. The Balaban J connectivity index is 1.72. The SMILES string of the molecule is Cc1ccccc1Nc1cnc2c(cnn2-c2ccccc2)n1. The van der Waals surface area contributed by atoms with Crippen LogP contribution in [-0.2, 0) is 0 Å². The first-order valence-corrected chi connectivity index (χ1v) is 7.40. The maximum absolute atomic E-state index is 4.60. The third-order valence-electron chi connectivity index (χ3n) is 3.68. The molecule has 23 heavy (non-hydrogen) atoms. The van der Waals surface area contributed by atoms with Crippen LogP contribution in [0.3, 0.4) is 0 Å². The van der Waals surface area contributed by atoms with Crippen molar-refractivity contribution in [3.05, 3.63) is 72.6 Å². The van der Waals surface area contributed by atoms with Crippen LogP contribution in [0.25, 0.3) is 16.9 Å². The van der Waals surface area contributed by atoms with Crippen LogP contribution in [0.15, 0.2) is 67.0 Å². The van der Waals surface area contributed by atoms with Crippen LogP contribution < -0.4 is 5.32 Å². The molecule has 4 aromatic rings. The molecule has 112 valence electrons. The summed E-state index contributed by atoms with van der Waals surface area (Å²) >= 11 is 0. The van der Waals surface area contributed by atoms with E-state index in [1.807, 2.05) is 48.5 Å². The monoisotopic (exact) mass is 301 g/mol. The smallest absolute Gasteiger partial charge is 0.181 e. The number of nitrogens with zero attached hydrogens (tertiary/aromatic N) is 4. The average molecular weight is 301 g/mol. The maximum atomic E-state index is 4.60. The molecule has 4 rings (SSSR count). The van der Waals surface area contributed by atoms with Gasteiger partial charge in [-0.1, -0.05) is 36.4 Å². The van der Waals surface area contributed by atoms with E-state index in [0.717, 1.165) is 28.1 Å². The summed E-state index contributed by atoms with van der Waals surface area (Å²) in [5.74, 6) is 0.708. The summed E-state index contributed by atoms with van der Waals surface area (Å²) < 4.78 is 1.79. The van der Waals surface area contributed by atoms with Crippen molar-refractivity contribution >= 4 is 22.7 Å². The Hall–Kier alpha value is -3.21. The van der Waals surface area contributed by atoms with Gasteiger partial charge in [0.05, 0.1) is 18.1 Å². The van der Waals surface area contributed by atoms with Crippen LogP contribution in [-0.4, -0.2) is 19.7 Å². The number of anilines is 2. The maximum Gasteiger partial charge on any atom is 0.181 e. The quantitative estimate of drug-likeness (QED) is 0.624. The zero-order chi connectivity index (χ0) is 15.6. The number of benzene rings is 2. The van der Waals surface area contributed by atoms with Gasteiger partial charge in [0, 0.05) is 5.69 Å². The summed E-state index contributed by atoms with van der Waals surface area (Å²) in [4.78, 5) is 9.12. The highest BCUT2D eigenvalue weighted by Crippen LogP contribution is 2.21. The molecule has 2 aromatic carbocycles. The normalized spacial score (nSPS) is 10.8. The Morgan fingerprint density at radius 1 is 0.913 bits per heavy atom. The molecule has 2 heterocycles. The van der Waals surface area contributed by atoms with E-state index in [0.29, 0.717) is 5.82 Å². The highest BCUT2D eigenvalue weighted by atomic mass is 15.3. The van der Waals surface area contributed by atoms with E-state index in [1.54, 1.807) is 17.1 Å². The van der Waals surface area contributed by atoms with Crippen LogP contribution >= 0.6 is 0 Å². The lowest BCUT2D eigenvalue weighted by atomic mass is 10.2. The van der Waals surface area contributed by atoms with Gasteiger partial charge in [0.2, 0.25) is 0 Å². The molecule has 0 unspecified atom stereocenters. The molecule has 0 atom stereocenters. The van der Waals surface area contributed by atoms with Crippen LogP contribution in [0.4, 0.5) is 11.5 Å². The lowest BCUT2D eigenvalue weighted by Crippen LogP contribution is -1.99. The predicted molar refractivity (Wildman–Crippen MR) is 91.1 cm³/mol. The second kappa shape index (κ2) is 5.53. The first-order valence-electron chi connectivity index (χ1n) is 7.40. The molecule has 0 aliphatic carbocycles. The molecular weight excluding hydrogens is 286 g/mol. The van der Waals surface area contributed by atoms with E-state index in [1.165, 1.54) is 0 Å². The third-order valence-corrected chi connectivity index (χ3v) is 3.68. The van der Waals surface area contributed by atoms with E-state index in [-0.39, 0.29) is 0 Å². The molecular formula is C18H15N5. The van der Waals surface area contributed by atoms with Crippen molar-refractivity contribution in [2.45, 2.75) is 6.92 Å². The largest absolute Gasteiger partial charge is 0.339 e. The Kier molecular flexibility index (Phi) is 3.24. The topological polar surface area (TPSA) is 55.6 Å². The van der Waals surface area contributed by atoms with Crippen LogP contribution in [0.1, 0.15) is 5.56 Å². The molecule has 0 amide bonds. The van der Waals surface area contributed by atoms with Crippen molar-refractivity contribution < 1.29 is 0 Å². The van der Waals surface area contributed by atoms with Gasteiger partial charge in [0.1, 0.15) is 11.3 Å². The molecule has 0 bridgehead atoms. The lowest BCUT2D eigenvalue weighted by molar-refractivity contribution is 0.897. The average Bonchev–Trinajstić information content (AvgIpc) is 3.01. The van der Waals surface area contributed by atoms with E-state index in [2.05, 4.69) is 33.4 Å². The second-order valence-corrected chi connectivity index (χ2v) is 5.30. The first kappa shape index (κ1) is 13.5. The first-order chi connectivity index (χ1) is 11.3. The molecule has 5 nitrogen and oxygen atoms in total. The molecule has 1 N–H and O–H groups in total. The van der Waals surface area contributed by atoms with Gasteiger partial charge in [-0.3, -0.25) is 0 Å². The molecule has 0 aliphatic rings. The highest BCUT2D eigenvalue weighted by molar-refractivity contribution is 5.74. The highest BCUT2D eigenvalue weighted by Gasteiger charge is 2.08. The fraction of sp³-hybridized carbons (Fsp3) is 0.0556. The minimum atomic E-state index is 0.708. The van der Waals surface area contributed by atoms with Crippen molar-refractivity contribution in [1.82, 2.24) is 19.7 Å². The Morgan fingerprint density at radius 2 is 1.70 bits per heavy atom. The van der Waals surface area contributed by atoms with Crippen molar-refractivity contribution in [2.24, 2.45) is 0 Å². The number of hydrogen-bond acceptors (Lipinski definition) is 4. The Bertz CT molecular complexity index is 959. The number of hydrogen-bond donors (Lipinski definition) is 1. The van der Waals surface area contributed by atoms with Crippen molar-refractivity contribution in [3.8, 4) is 5.69 Å². The minimum Gasteiger partial charge on any atom is -0.339 e. The van der Waals surface area contributed by atoms with E-state index in [9.17, 15) is 0 Å². The summed E-state index contributed by atoms with van der Waals surface area (Å²) in [5, 5.41) is 7.70. The van der Waals surface area contributed by atoms with Crippen LogP contribution in [0.5, 0.6) is 0 Å². The van der Waals surface area contributed by atoms with E-state index in [4.69, 9.17) is 0 Å². The molecule has 0 aliphatic heterocycles. The van der Waals surface area contributed by atoms with Gasteiger partial charge in [-0.2, -0.15) is 5.10 Å². The van der Waals surface area contributed by atoms with Gasteiger partial charge in [0.15, 0.2) is 5.65 Å². The number of nitrogens with one attached hydrogen (secondary N) is 1. The van der Waals surface area contributed by atoms with Crippen LogP contribution in [0, 0.1) is 6.92 Å². The Morgan fingerprint density at radius 3 is 2.52 bits per heavy atom. The number of aromatic nitrogens is 4. The zero-order valence-corrected chi connectivity index (χ0v) is 12.6. The number of aryl methyl sites for hydroxylation is 1. The zero-order valence-electron chi connectivity index (χ0n) is 12.6. The summed E-state index contributed by atoms with van der Waals surface area (Å²) in [5.41, 5.74) is 4.65. The number of para-hydroxylation sites is 2. The van der Waals surface area contributed by atoms with Crippen LogP contribution in [0.2, 0.25) is 0 Å². The fourth-order valence-corrected chi connectivity index (χ4v) is 2.48. The number of rotatable bonds is 3.